The van der Waals surface area contributed by atoms with Gasteiger partial charge in [0.05, 0.1) is 24.5 Å². The highest BCUT2D eigenvalue weighted by Crippen LogP contribution is 2.36. The first-order valence-electron chi connectivity index (χ1n) is 8.16. The van der Waals surface area contributed by atoms with Gasteiger partial charge >= 0.3 is 6.03 Å². The van der Waals surface area contributed by atoms with Crippen molar-refractivity contribution in [2.24, 2.45) is 0 Å². The summed E-state index contributed by atoms with van der Waals surface area (Å²) in [6.07, 6.45) is 1.88. The van der Waals surface area contributed by atoms with Crippen molar-refractivity contribution in [2.75, 3.05) is 19.0 Å². The molecule has 2 aromatic rings. The van der Waals surface area contributed by atoms with E-state index in [2.05, 4.69) is 10.5 Å². The lowest BCUT2D eigenvalue weighted by atomic mass is 10.0. The maximum atomic E-state index is 12.8. The fourth-order valence-corrected chi connectivity index (χ4v) is 3.38. The number of carbonyl (C=O) groups excluding carboxylic acids is 1. The standard InChI is InChI=1S/C18H23N3O3/c1-11-7-8-16(23-4)14(10-11)19-18(22)21-9-5-6-15(21)17-12(2)20-24-13(17)3/h7-8,10,15H,5-6,9H2,1-4H3,(H,19,22)/t15-/m1/s1. The van der Waals surface area contributed by atoms with E-state index in [1.807, 2.05) is 43.9 Å². The first kappa shape index (κ1) is 16.4. The summed E-state index contributed by atoms with van der Waals surface area (Å²) in [6.45, 7) is 6.52. The summed E-state index contributed by atoms with van der Waals surface area (Å²) in [5.74, 6) is 1.44. The summed E-state index contributed by atoms with van der Waals surface area (Å²) >= 11 is 0. The van der Waals surface area contributed by atoms with Crippen molar-refractivity contribution in [3.05, 3.63) is 40.8 Å². The summed E-state index contributed by atoms with van der Waals surface area (Å²) < 4.78 is 10.6. The number of amides is 2. The van der Waals surface area contributed by atoms with Gasteiger partial charge in [0.15, 0.2) is 0 Å². The molecule has 0 bridgehead atoms. The average Bonchev–Trinajstić information content (AvgIpc) is 3.14. The second-order valence-electron chi connectivity index (χ2n) is 6.22. The number of rotatable bonds is 3. The number of aromatic nitrogens is 1. The maximum Gasteiger partial charge on any atom is 0.322 e. The normalized spacial score (nSPS) is 17.2. The summed E-state index contributed by atoms with van der Waals surface area (Å²) in [4.78, 5) is 14.7. The van der Waals surface area contributed by atoms with E-state index in [-0.39, 0.29) is 12.1 Å². The van der Waals surface area contributed by atoms with E-state index in [1.54, 1.807) is 7.11 Å². The van der Waals surface area contributed by atoms with Crippen LogP contribution in [0.3, 0.4) is 0 Å². The molecule has 6 nitrogen and oxygen atoms in total. The van der Waals surface area contributed by atoms with Gasteiger partial charge in [-0.15, -0.1) is 0 Å². The Kier molecular flexibility index (Phi) is 4.46. The highest BCUT2D eigenvalue weighted by molar-refractivity contribution is 5.91. The quantitative estimate of drug-likeness (QED) is 0.925. The Hall–Kier alpha value is -2.50. The van der Waals surface area contributed by atoms with Crippen LogP contribution < -0.4 is 10.1 Å². The molecule has 6 heteroatoms. The molecule has 1 aliphatic heterocycles. The van der Waals surface area contributed by atoms with Gasteiger partial charge in [-0.25, -0.2) is 4.79 Å². The molecule has 1 aromatic heterocycles. The Morgan fingerprint density at radius 1 is 1.38 bits per heavy atom. The van der Waals surface area contributed by atoms with Crippen LogP contribution in [0.2, 0.25) is 0 Å². The van der Waals surface area contributed by atoms with Crippen molar-refractivity contribution in [3.8, 4) is 5.75 Å². The predicted molar refractivity (Wildman–Crippen MR) is 91.4 cm³/mol. The molecule has 2 heterocycles. The molecular formula is C18H23N3O3. The number of carbonyl (C=O) groups is 1. The topological polar surface area (TPSA) is 67.6 Å². The van der Waals surface area contributed by atoms with Crippen LogP contribution in [0, 0.1) is 20.8 Å². The minimum absolute atomic E-state index is 0.00653. The molecule has 0 unspecified atom stereocenters. The van der Waals surface area contributed by atoms with Crippen LogP contribution in [-0.4, -0.2) is 29.7 Å². The average molecular weight is 329 g/mol. The van der Waals surface area contributed by atoms with Crippen molar-refractivity contribution in [1.82, 2.24) is 10.1 Å². The monoisotopic (exact) mass is 329 g/mol. The number of methoxy groups -OCH3 is 1. The van der Waals surface area contributed by atoms with Gasteiger partial charge in [0.25, 0.3) is 0 Å². The number of benzene rings is 1. The molecule has 3 rings (SSSR count). The van der Waals surface area contributed by atoms with Crippen LogP contribution >= 0.6 is 0 Å². The van der Waals surface area contributed by atoms with Gasteiger partial charge < -0.3 is 19.5 Å². The Balaban J connectivity index is 1.83. The zero-order valence-corrected chi connectivity index (χ0v) is 14.5. The Labute approximate surface area is 141 Å². The van der Waals surface area contributed by atoms with E-state index in [0.717, 1.165) is 35.4 Å². The number of anilines is 1. The molecule has 24 heavy (non-hydrogen) atoms. The molecule has 0 saturated carbocycles. The van der Waals surface area contributed by atoms with Crippen molar-refractivity contribution in [1.29, 1.82) is 0 Å². The van der Waals surface area contributed by atoms with E-state index < -0.39 is 0 Å². The van der Waals surface area contributed by atoms with E-state index >= 15 is 0 Å². The first-order chi connectivity index (χ1) is 11.5. The second-order valence-corrected chi connectivity index (χ2v) is 6.22. The van der Waals surface area contributed by atoms with Gasteiger partial charge in [-0.1, -0.05) is 11.2 Å². The Morgan fingerprint density at radius 2 is 2.17 bits per heavy atom. The molecule has 128 valence electrons. The summed E-state index contributed by atoms with van der Waals surface area (Å²) in [6, 6.07) is 5.61. The van der Waals surface area contributed by atoms with E-state index in [0.29, 0.717) is 18.0 Å². The van der Waals surface area contributed by atoms with Crippen molar-refractivity contribution >= 4 is 11.7 Å². The zero-order valence-electron chi connectivity index (χ0n) is 14.5. The molecule has 1 saturated heterocycles. The lowest BCUT2D eigenvalue weighted by Gasteiger charge is -2.25. The number of hydrogen-bond acceptors (Lipinski definition) is 4. The third kappa shape index (κ3) is 2.96. The largest absolute Gasteiger partial charge is 0.495 e. The molecule has 0 aliphatic carbocycles. The SMILES string of the molecule is COc1ccc(C)cc1NC(=O)N1CCC[C@@H]1c1c(C)noc1C. The second kappa shape index (κ2) is 6.55. The van der Waals surface area contributed by atoms with E-state index in [9.17, 15) is 4.79 Å². The number of nitrogens with one attached hydrogen (secondary N) is 1. The Bertz CT molecular complexity index is 734. The van der Waals surface area contributed by atoms with Gasteiger partial charge in [-0.3, -0.25) is 0 Å². The van der Waals surface area contributed by atoms with Crippen LogP contribution in [0.15, 0.2) is 22.7 Å². The molecule has 0 spiro atoms. The number of aryl methyl sites for hydroxylation is 3. The zero-order chi connectivity index (χ0) is 17.3. The van der Waals surface area contributed by atoms with Crippen molar-refractivity contribution in [3.63, 3.8) is 0 Å². The third-order valence-corrected chi connectivity index (χ3v) is 4.53. The molecule has 1 aliphatic rings. The third-order valence-electron chi connectivity index (χ3n) is 4.53. The lowest BCUT2D eigenvalue weighted by Crippen LogP contribution is -2.34. The van der Waals surface area contributed by atoms with Gasteiger partial charge in [0.2, 0.25) is 0 Å². The van der Waals surface area contributed by atoms with Crippen molar-refractivity contribution < 1.29 is 14.1 Å². The Morgan fingerprint density at radius 3 is 2.83 bits per heavy atom. The van der Waals surface area contributed by atoms with Crippen molar-refractivity contribution in [2.45, 2.75) is 39.7 Å². The van der Waals surface area contributed by atoms with Crippen LogP contribution in [0.4, 0.5) is 10.5 Å². The summed E-state index contributed by atoms with van der Waals surface area (Å²) in [5, 5.41) is 7.01. The van der Waals surface area contributed by atoms with E-state index in [4.69, 9.17) is 9.26 Å². The molecular weight excluding hydrogens is 306 g/mol. The smallest absolute Gasteiger partial charge is 0.322 e. The van der Waals surface area contributed by atoms with Crippen LogP contribution in [0.25, 0.3) is 0 Å². The van der Waals surface area contributed by atoms with Crippen LogP contribution in [0.5, 0.6) is 5.75 Å². The highest BCUT2D eigenvalue weighted by Gasteiger charge is 2.34. The molecule has 1 N–H and O–H groups in total. The van der Waals surface area contributed by atoms with Gasteiger partial charge in [-0.05, 0) is 51.3 Å². The van der Waals surface area contributed by atoms with Crippen LogP contribution in [-0.2, 0) is 0 Å². The number of likely N-dealkylation sites (tertiary alicyclic amines) is 1. The maximum absolute atomic E-state index is 12.8. The molecule has 1 fully saturated rings. The summed E-state index contributed by atoms with van der Waals surface area (Å²) in [5.41, 5.74) is 3.63. The number of nitrogens with zero attached hydrogens (tertiary/aromatic N) is 2. The van der Waals surface area contributed by atoms with E-state index in [1.165, 1.54) is 0 Å². The van der Waals surface area contributed by atoms with Crippen LogP contribution in [0.1, 0.15) is 41.5 Å². The minimum atomic E-state index is -0.124. The molecule has 0 radical (unpaired) electrons. The first-order valence-corrected chi connectivity index (χ1v) is 8.16. The molecule has 1 atom stereocenters. The fraction of sp³-hybridized carbons (Fsp3) is 0.444. The molecule has 2 amide bonds. The minimum Gasteiger partial charge on any atom is -0.495 e. The summed E-state index contributed by atoms with van der Waals surface area (Å²) in [7, 11) is 1.60. The number of hydrogen-bond donors (Lipinski definition) is 1. The number of ether oxygens (including phenoxy) is 1. The number of urea groups is 1. The van der Waals surface area contributed by atoms with Gasteiger partial charge in [-0.2, -0.15) is 0 Å². The highest BCUT2D eigenvalue weighted by atomic mass is 16.5. The molecule has 1 aromatic carbocycles. The fourth-order valence-electron chi connectivity index (χ4n) is 3.38. The van der Waals surface area contributed by atoms with Gasteiger partial charge in [0, 0.05) is 12.1 Å². The lowest BCUT2D eigenvalue weighted by molar-refractivity contribution is 0.206. The van der Waals surface area contributed by atoms with Gasteiger partial charge in [0.1, 0.15) is 11.5 Å². The predicted octanol–water partition coefficient (Wildman–Crippen LogP) is 3.98.